The van der Waals surface area contributed by atoms with E-state index in [9.17, 15) is 34.4 Å². The number of hydrogen-bond acceptors (Lipinski definition) is 16. The Morgan fingerprint density at radius 1 is 0.898 bits per heavy atom. The molecule has 2 aliphatic rings. The van der Waals surface area contributed by atoms with Gasteiger partial charge < -0.3 is 35.6 Å². The second kappa shape index (κ2) is 30.9. The Bertz CT molecular complexity index is 1860. The minimum absolute atomic E-state index is 0.0608. The van der Waals surface area contributed by atoms with Gasteiger partial charge in [0.1, 0.15) is 18.2 Å². The first kappa shape index (κ1) is 54.9. The number of aliphatic hydroxyl groups excluding tert-OH is 4. The van der Waals surface area contributed by atoms with Crippen LogP contribution in [0.5, 0.6) is 5.75 Å². The summed E-state index contributed by atoms with van der Waals surface area (Å²) in [6.45, 7) is 15.6. The number of nitrogens with one attached hydrogen (secondary N) is 2. The van der Waals surface area contributed by atoms with Crippen LogP contribution in [0.4, 0.5) is 0 Å². The first-order valence-electron chi connectivity index (χ1n) is 18.9. The fraction of sp³-hybridized carbons (Fsp3) is 0.579. The van der Waals surface area contributed by atoms with Crippen LogP contribution in [-0.2, 0) is 9.47 Å². The lowest BCUT2D eigenvalue weighted by Crippen LogP contribution is -2.33. The zero-order chi connectivity index (χ0) is 45.1. The molecule has 0 saturated carbocycles. The number of hydrogen-bond donors (Lipinski definition) is 7. The summed E-state index contributed by atoms with van der Waals surface area (Å²) in [5.74, 6) is 0.314. The number of nitrogens with zero attached hydrogens (tertiary/aromatic N) is 3. The summed E-state index contributed by atoms with van der Waals surface area (Å²) in [7, 11) is 3.90. The first-order chi connectivity index (χ1) is 28.1. The van der Waals surface area contributed by atoms with E-state index in [0.29, 0.717) is 30.6 Å². The van der Waals surface area contributed by atoms with E-state index in [1.54, 1.807) is 26.0 Å². The summed E-state index contributed by atoms with van der Waals surface area (Å²) in [5.41, 5.74) is 4.04. The lowest BCUT2D eigenvalue weighted by atomic mass is 10.0. The van der Waals surface area contributed by atoms with E-state index >= 15 is 0 Å². The van der Waals surface area contributed by atoms with E-state index in [4.69, 9.17) is 30.5 Å². The van der Waals surface area contributed by atoms with E-state index in [1.807, 2.05) is 19.9 Å². The van der Waals surface area contributed by atoms with Crippen LogP contribution < -0.4 is 33.1 Å². The van der Waals surface area contributed by atoms with Gasteiger partial charge in [0.25, 0.3) is 16.2 Å². The lowest BCUT2D eigenvalue weighted by Gasteiger charge is -2.15. The summed E-state index contributed by atoms with van der Waals surface area (Å²) in [4.78, 5) is 66.5. The van der Waals surface area contributed by atoms with Gasteiger partial charge in [-0.05, 0) is 76.3 Å². The van der Waals surface area contributed by atoms with Gasteiger partial charge in [0.05, 0.1) is 25.4 Å². The number of aromatic nitrogens is 4. The number of benzene rings is 1. The maximum Gasteiger partial charge on any atom is 0.330 e. The smallest absolute Gasteiger partial charge is 0.330 e. The predicted octanol–water partition coefficient (Wildman–Crippen LogP) is 3.20. The molecule has 3 aromatic rings. The minimum Gasteiger partial charge on any atom is -0.400 e. The molecule has 21 heteroatoms. The SMILES string of the molecule is C=CCC.CCCN.CCCO.CO.Cc1cn([C@H]2C[C@@H](C)[C@@H](CO)O2)c(=O)[nH]c1=O.Cc1cn([C@H]2C[C@@H](SSc3ccc(O[N+](=O)[O-])cc3)[C@@H](CO)O2)c(=O)[nH]c1=O. The molecule has 2 fully saturated rings. The van der Waals surface area contributed by atoms with Gasteiger partial charge in [-0.15, -0.1) is 16.7 Å². The molecule has 5 rings (SSSR count). The molecule has 0 aliphatic carbocycles. The van der Waals surface area contributed by atoms with Gasteiger partial charge in [-0.2, -0.15) is 0 Å². The molecule has 1 aromatic carbocycles. The molecule has 334 valence electrons. The average Bonchev–Trinajstić information content (AvgIpc) is 3.83. The van der Waals surface area contributed by atoms with Gasteiger partial charge in [0.2, 0.25) is 0 Å². The van der Waals surface area contributed by atoms with Crippen LogP contribution in [0.2, 0.25) is 0 Å². The Morgan fingerprint density at radius 3 is 1.71 bits per heavy atom. The van der Waals surface area contributed by atoms with Crippen molar-refractivity contribution in [1.82, 2.24) is 19.1 Å². The van der Waals surface area contributed by atoms with Crippen molar-refractivity contribution in [2.24, 2.45) is 11.7 Å². The number of aromatic amines is 2. The molecule has 59 heavy (non-hydrogen) atoms. The second-order valence-corrected chi connectivity index (χ2v) is 15.3. The highest BCUT2D eigenvalue weighted by molar-refractivity contribution is 8.77. The Hall–Kier alpha value is -4.06. The third-order valence-electron chi connectivity index (χ3n) is 8.07. The Kier molecular flexibility index (Phi) is 28.8. The normalized spacial score (nSPS) is 20.0. The Balaban J connectivity index is 0.000000915. The van der Waals surface area contributed by atoms with Crippen LogP contribution in [-0.4, -0.2) is 95.5 Å². The summed E-state index contributed by atoms with van der Waals surface area (Å²) < 4.78 is 14.1. The fourth-order valence-electron chi connectivity index (χ4n) is 4.76. The zero-order valence-electron chi connectivity index (χ0n) is 34.8. The molecule has 2 aliphatic heterocycles. The molecular formula is C38H62N6O13S2. The monoisotopic (exact) mass is 874 g/mol. The van der Waals surface area contributed by atoms with E-state index in [0.717, 1.165) is 37.8 Å². The van der Waals surface area contributed by atoms with Crippen LogP contribution >= 0.6 is 21.6 Å². The molecule has 0 radical (unpaired) electrons. The Morgan fingerprint density at radius 2 is 1.34 bits per heavy atom. The number of H-pyrrole nitrogens is 2. The number of ether oxygens (including phenoxy) is 2. The largest absolute Gasteiger partial charge is 0.400 e. The highest BCUT2D eigenvalue weighted by atomic mass is 33.1. The molecule has 8 N–H and O–H groups in total. The number of aliphatic hydroxyl groups is 4. The van der Waals surface area contributed by atoms with Crippen molar-refractivity contribution in [3.63, 3.8) is 0 Å². The molecule has 4 heterocycles. The maximum atomic E-state index is 12.1. The number of nitrogens with two attached hydrogens (primary N) is 1. The third kappa shape index (κ3) is 19.7. The van der Waals surface area contributed by atoms with E-state index in [2.05, 4.69) is 35.2 Å². The molecule has 19 nitrogen and oxygen atoms in total. The number of rotatable bonds is 12. The van der Waals surface area contributed by atoms with Crippen molar-refractivity contribution in [2.45, 2.75) is 108 Å². The summed E-state index contributed by atoms with van der Waals surface area (Å²) in [5, 5.41) is 42.9. The molecule has 0 bridgehead atoms. The quantitative estimate of drug-likeness (QED) is 0.0595. The maximum absolute atomic E-state index is 12.1. The Labute approximate surface area is 351 Å². The summed E-state index contributed by atoms with van der Waals surface area (Å²) in [6, 6.07) is 6.36. The van der Waals surface area contributed by atoms with Crippen molar-refractivity contribution >= 4 is 21.6 Å². The van der Waals surface area contributed by atoms with Crippen molar-refractivity contribution in [1.29, 1.82) is 0 Å². The van der Waals surface area contributed by atoms with E-state index in [-0.39, 0.29) is 41.8 Å². The minimum atomic E-state index is -0.876. The topological polar surface area (TPSA) is 287 Å². The van der Waals surface area contributed by atoms with Gasteiger partial charge in [-0.25, -0.2) is 9.59 Å². The van der Waals surface area contributed by atoms with E-state index in [1.165, 1.54) is 55.2 Å². The molecule has 0 unspecified atom stereocenters. The van der Waals surface area contributed by atoms with Gasteiger partial charge in [-0.1, -0.05) is 55.4 Å². The highest BCUT2D eigenvalue weighted by Crippen LogP contribution is 2.44. The molecule has 0 amide bonds. The van der Waals surface area contributed by atoms with Gasteiger partial charge in [-0.3, -0.25) is 33.5 Å². The fourth-order valence-corrected chi connectivity index (χ4v) is 7.40. The third-order valence-corrected chi connectivity index (χ3v) is 11.0. The van der Waals surface area contributed by atoms with Crippen molar-refractivity contribution < 1.29 is 39.8 Å². The first-order valence-corrected chi connectivity index (χ1v) is 21.1. The van der Waals surface area contributed by atoms with Crippen molar-refractivity contribution in [3.05, 3.63) is 112 Å². The van der Waals surface area contributed by atoms with Crippen LogP contribution in [0.15, 0.2) is 73.4 Å². The molecule has 0 spiro atoms. The standard InChI is InChI=1S/C16H17N3O7S2.C11H16N2O4.C4H8.C3H9N.C3H8O.CH4O/c1-9-7-18(16(22)17-15(9)21)14-6-13(12(8-20)25-14)28-27-11-4-2-10(3-5-11)26-19(23)24;1-6-3-9(17-8(6)5-14)13-4-7(2)10(15)12-11(13)16;1-3-4-2;2*1-2-3-4;1-2/h2-5,7,12-14,20H,6,8H2,1H3,(H,17,21,22);4,6,8-9,14H,3,5H2,1-2H3,(H,12,15,16);3H,1,4H2,2H3;2-4H2,1H3;4H,2-3H2,1H3;2H,1H3/t12-,13-,14-;6-,8-,9-;;;;/m11..../s1. The van der Waals surface area contributed by atoms with Gasteiger partial charge >= 0.3 is 11.4 Å². The molecule has 2 aromatic heterocycles. The summed E-state index contributed by atoms with van der Waals surface area (Å²) in [6.07, 6.45) is 7.28. The lowest BCUT2D eigenvalue weighted by molar-refractivity contribution is -0.711. The number of aryl methyl sites for hydroxylation is 2. The predicted molar refractivity (Wildman–Crippen MR) is 229 cm³/mol. The molecular weight excluding hydrogens is 813 g/mol. The molecule has 2 saturated heterocycles. The second-order valence-electron chi connectivity index (χ2n) is 12.7. The van der Waals surface area contributed by atoms with Gasteiger partial charge in [0, 0.05) is 53.8 Å². The van der Waals surface area contributed by atoms with E-state index < -0.39 is 40.6 Å². The van der Waals surface area contributed by atoms with Crippen LogP contribution in [0.1, 0.15) is 83.4 Å². The van der Waals surface area contributed by atoms with Crippen LogP contribution in [0.25, 0.3) is 0 Å². The highest BCUT2D eigenvalue weighted by Gasteiger charge is 2.37. The van der Waals surface area contributed by atoms with Crippen molar-refractivity contribution in [3.8, 4) is 5.75 Å². The van der Waals surface area contributed by atoms with Crippen LogP contribution in [0.3, 0.4) is 0 Å². The van der Waals surface area contributed by atoms with Crippen molar-refractivity contribution in [2.75, 3.05) is 33.5 Å². The van der Waals surface area contributed by atoms with Crippen LogP contribution in [0, 0.1) is 29.9 Å². The number of allylic oxidation sites excluding steroid dienone is 1. The average molecular weight is 875 g/mol. The molecule has 6 atom stereocenters. The summed E-state index contributed by atoms with van der Waals surface area (Å²) >= 11 is 0. The van der Waals surface area contributed by atoms with Gasteiger partial charge in [0.15, 0.2) is 0 Å². The zero-order valence-corrected chi connectivity index (χ0v) is 36.4.